The molecular formula is C31H18Br2N2O. The Hall–Kier alpha value is -3.67. The molecule has 36 heavy (non-hydrogen) atoms. The van der Waals surface area contributed by atoms with Gasteiger partial charge >= 0.3 is 0 Å². The Morgan fingerprint density at radius 3 is 1.94 bits per heavy atom. The fourth-order valence-electron chi connectivity index (χ4n) is 5.17. The third-order valence-corrected chi connectivity index (χ3v) is 7.75. The summed E-state index contributed by atoms with van der Waals surface area (Å²) in [5.41, 5.74) is 3.58. The highest BCUT2D eigenvalue weighted by molar-refractivity contribution is 9.10. The second-order valence-corrected chi connectivity index (χ2v) is 10.7. The molecule has 0 bridgehead atoms. The van der Waals surface area contributed by atoms with E-state index < -0.39 is 0 Å². The van der Waals surface area contributed by atoms with Crippen molar-refractivity contribution in [1.29, 1.82) is 0 Å². The monoisotopic (exact) mass is 592 g/mol. The average Bonchev–Trinajstić information content (AvgIpc) is 3.30. The molecule has 7 rings (SSSR count). The Labute approximate surface area is 223 Å². The minimum atomic E-state index is 0.206. The zero-order chi connectivity index (χ0) is 24.4. The van der Waals surface area contributed by atoms with Gasteiger partial charge in [-0.2, -0.15) is 0 Å². The third-order valence-electron chi connectivity index (χ3n) is 6.76. The zero-order valence-electron chi connectivity index (χ0n) is 18.9. The number of rotatable bonds is 2. The highest BCUT2D eigenvalue weighted by atomic mass is 79.9. The number of fused-ring (bicyclic) bond motifs is 7. The molecule has 0 radical (unpaired) electrons. The van der Waals surface area contributed by atoms with Crippen molar-refractivity contribution in [2.45, 2.75) is 0 Å². The Balaban J connectivity index is 1.73. The van der Waals surface area contributed by atoms with Crippen LogP contribution in [0.15, 0.2) is 112 Å². The van der Waals surface area contributed by atoms with Crippen molar-refractivity contribution in [2.75, 3.05) is 0 Å². The van der Waals surface area contributed by atoms with Crippen molar-refractivity contribution in [3.8, 4) is 22.8 Å². The number of imidazole rings is 1. The van der Waals surface area contributed by atoms with Crippen LogP contribution in [0.25, 0.3) is 60.4 Å². The van der Waals surface area contributed by atoms with Gasteiger partial charge in [-0.3, -0.25) is 4.57 Å². The van der Waals surface area contributed by atoms with Crippen molar-refractivity contribution in [2.24, 2.45) is 0 Å². The van der Waals surface area contributed by atoms with Gasteiger partial charge in [-0.1, -0.05) is 86.5 Å². The molecule has 0 atom stereocenters. The van der Waals surface area contributed by atoms with E-state index in [0.717, 1.165) is 58.0 Å². The van der Waals surface area contributed by atoms with E-state index in [1.807, 2.05) is 48.5 Å². The predicted octanol–water partition coefficient (Wildman–Crippen LogP) is 9.38. The van der Waals surface area contributed by atoms with Crippen molar-refractivity contribution in [1.82, 2.24) is 9.55 Å². The summed E-state index contributed by atoms with van der Waals surface area (Å²) in [5.74, 6) is 0.908. The summed E-state index contributed by atoms with van der Waals surface area (Å²) in [6.07, 6.45) is 0. The van der Waals surface area contributed by atoms with E-state index >= 15 is 0 Å². The van der Waals surface area contributed by atoms with E-state index in [4.69, 9.17) is 4.98 Å². The van der Waals surface area contributed by atoms with E-state index in [0.29, 0.717) is 11.4 Å². The van der Waals surface area contributed by atoms with E-state index in [2.05, 4.69) is 91.0 Å². The lowest BCUT2D eigenvalue weighted by Gasteiger charge is -2.14. The average molecular weight is 594 g/mol. The zero-order valence-corrected chi connectivity index (χ0v) is 22.1. The lowest BCUT2D eigenvalue weighted by atomic mass is 10.00. The Morgan fingerprint density at radius 1 is 0.611 bits per heavy atom. The summed E-state index contributed by atoms with van der Waals surface area (Å²) in [4.78, 5) is 5.24. The Kier molecular flexibility index (Phi) is 4.91. The standard InChI is InChI=1S/C31H18Br2N2O/c32-20-10-12-23-24-13-11-21(33)17-26(24)30-29(25(23)16-20)34-31(35(30)22-8-2-1-3-9-22)27-14-18-6-4-5-7-19(18)15-28(27)36/h1-17,36H. The van der Waals surface area contributed by atoms with Crippen LogP contribution in [0.2, 0.25) is 0 Å². The van der Waals surface area contributed by atoms with E-state index in [1.165, 1.54) is 0 Å². The van der Waals surface area contributed by atoms with E-state index in [9.17, 15) is 5.11 Å². The minimum absolute atomic E-state index is 0.206. The summed E-state index contributed by atoms with van der Waals surface area (Å²) < 4.78 is 4.18. The van der Waals surface area contributed by atoms with Crippen molar-refractivity contribution in [3.63, 3.8) is 0 Å². The van der Waals surface area contributed by atoms with Gasteiger partial charge in [0.15, 0.2) is 0 Å². The van der Waals surface area contributed by atoms with Gasteiger partial charge in [0.1, 0.15) is 11.6 Å². The maximum absolute atomic E-state index is 11.2. The molecule has 0 saturated carbocycles. The first-order valence-electron chi connectivity index (χ1n) is 11.6. The number of aromatic hydroxyl groups is 1. The van der Waals surface area contributed by atoms with Crippen LogP contribution < -0.4 is 0 Å². The van der Waals surface area contributed by atoms with Crippen LogP contribution in [0, 0.1) is 0 Å². The smallest absolute Gasteiger partial charge is 0.149 e. The first-order chi connectivity index (χ1) is 17.6. The van der Waals surface area contributed by atoms with Crippen molar-refractivity contribution >= 4 is 75.2 Å². The number of phenolic OH excluding ortho intramolecular Hbond substituents is 1. The predicted molar refractivity (Wildman–Crippen MR) is 156 cm³/mol. The van der Waals surface area contributed by atoms with Gasteiger partial charge in [0.2, 0.25) is 0 Å². The molecule has 0 aliphatic heterocycles. The van der Waals surface area contributed by atoms with Gasteiger partial charge in [0.05, 0.1) is 16.6 Å². The Morgan fingerprint density at radius 2 is 1.22 bits per heavy atom. The maximum atomic E-state index is 11.2. The number of halogens is 2. The summed E-state index contributed by atoms with van der Waals surface area (Å²) in [6.45, 7) is 0. The summed E-state index contributed by atoms with van der Waals surface area (Å²) in [6, 6.07) is 34.9. The fraction of sp³-hybridized carbons (Fsp3) is 0. The number of phenols is 1. The first kappa shape index (κ1) is 21.6. The van der Waals surface area contributed by atoms with Gasteiger partial charge in [-0.05, 0) is 70.1 Å². The lowest BCUT2D eigenvalue weighted by molar-refractivity contribution is 0.477. The van der Waals surface area contributed by atoms with Crippen LogP contribution >= 0.6 is 31.9 Å². The molecule has 1 heterocycles. The van der Waals surface area contributed by atoms with Gasteiger partial charge in [0, 0.05) is 25.4 Å². The molecule has 0 spiro atoms. The van der Waals surface area contributed by atoms with Crippen LogP contribution in [0.5, 0.6) is 5.75 Å². The molecule has 0 saturated heterocycles. The van der Waals surface area contributed by atoms with Gasteiger partial charge in [-0.25, -0.2) is 4.98 Å². The molecule has 0 aliphatic carbocycles. The molecule has 0 amide bonds. The number of para-hydroxylation sites is 1. The van der Waals surface area contributed by atoms with Crippen LogP contribution in [-0.4, -0.2) is 14.7 Å². The second-order valence-electron chi connectivity index (χ2n) is 8.90. The SMILES string of the molecule is Oc1cc2ccccc2cc1-c1nc2c3cc(Br)ccc3c3ccc(Br)cc3c2n1-c1ccccc1. The van der Waals surface area contributed by atoms with Gasteiger partial charge in [-0.15, -0.1) is 0 Å². The molecule has 7 aromatic rings. The molecule has 0 unspecified atom stereocenters. The molecule has 6 aromatic carbocycles. The van der Waals surface area contributed by atoms with Crippen molar-refractivity contribution in [3.05, 3.63) is 112 Å². The molecule has 5 heteroatoms. The molecule has 1 aromatic heterocycles. The number of benzene rings is 6. The highest BCUT2D eigenvalue weighted by Crippen LogP contribution is 2.42. The third kappa shape index (κ3) is 3.27. The number of nitrogens with zero attached hydrogens (tertiary/aromatic N) is 2. The molecule has 172 valence electrons. The van der Waals surface area contributed by atoms with Crippen molar-refractivity contribution < 1.29 is 5.11 Å². The minimum Gasteiger partial charge on any atom is -0.507 e. The van der Waals surface area contributed by atoms with E-state index in [-0.39, 0.29) is 5.75 Å². The van der Waals surface area contributed by atoms with Crippen LogP contribution in [0.4, 0.5) is 0 Å². The molecule has 0 aliphatic rings. The van der Waals surface area contributed by atoms with Crippen LogP contribution in [0.1, 0.15) is 0 Å². The van der Waals surface area contributed by atoms with Crippen LogP contribution in [0.3, 0.4) is 0 Å². The molecule has 3 nitrogen and oxygen atoms in total. The molecule has 1 N–H and O–H groups in total. The van der Waals surface area contributed by atoms with Gasteiger partial charge < -0.3 is 5.11 Å². The summed E-state index contributed by atoms with van der Waals surface area (Å²) in [5, 5.41) is 17.7. The van der Waals surface area contributed by atoms with Crippen LogP contribution in [-0.2, 0) is 0 Å². The topological polar surface area (TPSA) is 38.1 Å². The first-order valence-corrected chi connectivity index (χ1v) is 13.2. The quantitative estimate of drug-likeness (QED) is 0.203. The fourth-order valence-corrected chi connectivity index (χ4v) is 5.89. The second kappa shape index (κ2) is 8.19. The number of hydrogen-bond donors (Lipinski definition) is 1. The summed E-state index contributed by atoms with van der Waals surface area (Å²) >= 11 is 7.35. The Bertz CT molecular complexity index is 1980. The maximum Gasteiger partial charge on any atom is 0.149 e. The number of hydrogen-bond acceptors (Lipinski definition) is 2. The largest absolute Gasteiger partial charge is 0.507 e. The highest BCUT2D eigenvalue weighted by Gasteiger charge is 2.22. The summed E-state index contributed by atoms with van der Waals surface area (Å²) in [7, 11) is 0. The van der Waals surface area contributed by atoms with Gasteiger partial charge in [0.25, 0.3) is 0 Å². The number of aromatic nitrogens is 2. The normalized spacial score (nSPS) is 11.7. The molecule has 0 fully saturated rings. The lowest BCUT2D eigenvalue weighted by Crippen LogP contribution is -1.98. The molecular weight excluding hydrogens is 576 g/mol. The van der Waals surface area contributed by atoms with E-state index in [1.54, 1.807) is 0 Å².